The molecule has 6 heteroatoms. The molecule has 6 nitrogen and oxygen atoms in total. The Hall–Kier alpha value is -3.32. The molecule has 0 saturated carbocycles. The molecule has 0 bridgehead atoms. The number of ether oxygens (including phenoxy) is 4. The van der Waals surface area contributed by atoms with E-state index in [2.05, 4.69) is 36.4 Å². The predicted molar refractivity (Wildman–Crippen MR) is 133 cm³/mol. The van der Waals surface area contributed by atoms with Crippen LogP contribution < -0.4 is 0 Å². The Kier molecular flexibility index (Phi) is 10.6. The van der Waals surface area contributed by atoms with E-state index >= 15 is 0 Å². The molecule has 0 aliphatic carbocycles. The van der Waals surface area contributed by atoms with Crippen molar-refractivity contribution in [3.63, 3.8) is 0 Å². The van der Waals surface area contributed by atoms with Crippen molar-refractivity contribution in [2.75, 3.05) is 39.6 Å². The number of hydrogen-bond acceptors (Lipinski definition) is 6. The third-order valence-electron chi connectivity index (χ3n) is 5.37. The summed E-state index contributed by atoms with van der Waals surface area (Å²) in [6, 6.07) is 30.5. The molecule has 0 radical (unpaired) electrons. The molecule has 0 saturated heterocycles. The number of carbonyl (C=O) groups is 2. The van der Waals surface area contributed by atoms with Gasteiger partial charge >= 0.3 is 5.97 Å². The SMILES string of the molecule is CCOC(=O)CC(=O)COCCOCCOC(c1ccccc1)(c1ccccc1)c1ccccc1. The zero-order valence-corrected chi connectivity index (χ0v) is 20.1. The maximum Gasteiger partial charge on any atom is 0.313 e. The van der Waals surface area contributed by atoms with Gasteiger partial charge in [-0.1, -0.05) is 91.0 Å². The minimum atomic E-state index is -0.789. The Balaban J connectivity index is 1.58. The quantitative estimate of drug-likeness (QED) is 0.139. The van der Waals surface area contributed by atoms with Crippen LogP contribution in [-0.2, 0) is 34.1 Å². The average Bonchev–Trinajstić information content (AvgIpc) is 2.89. The van der Waals surface area contributed by atoms with Crippen LogP contribution in [0.4, 0.5) is 0 Å². The Labute approximate surface area is 206 Å². The predicted octanol–water partition coefficient (Wildman–Crippen LogP) is 4.55. The van der Waals surface area contributed by atoms with Gasteiger partial charge in [0.2, 0.25) is 0 Å². The van der Waals surface area contributed by atoms with Crippen molar-refractivity contribution in [1.29, 1.82) is 0 Å². The van der Waals surface area contributed by atoms with Crippen LogP contribution in [-0.4, -0.2) is 51.4 Å². The fourth-order valence-corrected chi connectivity index (χ4v) is 3.85. The fraction of sp³-hybridized carbons (Fsp3) is 0.310. The van der Waals surface area contributed by atoms with Gasteiger partial charge in [-0.25, -0.2) is 0 Å². The van der Waals surface area contributed by atoms with Crippen LogP contribution in [0.5, 0.6) is 0 Å². The zero-order chi connectivity index (χ0) is 24.8. The maximum atomic E-state index is 11.7. The van der Waals surface area contributed by atoms with E-state index in [-0.39, 0.29) is 32.0 Å². The standard InChI is InChI=1S/C29H32O6/c1-2-34-28(31)22-27(30)23-33-19-18-32-20-21-35-29(24-12-6-3-7-13-24,25-14-8-4-9-15-25)26-16-10-5-11-17-26/h3-17H,2,18-23H2,1H3. The van der Waals surface area contributed by atoms with Crippen LogP contribution in [0.15, 0.2) is 91.0 Å². The van der Waals surface area contributed by atoms with Crippen molar-refractivity contribution < 1.29 is 28.5 Å². The topological polar surface area (TPSA) is 71.1 Å². The third-order valence-corrected chi connectivity index (χ3v) is 5.37. The molecule has 0 aromatic heterocycles. The highest BCUT2D eigenvalue weighted by Gasteiger charge is 2.37. The summed E-state index contributed by atoms with van der Waals surface area (Å²) in [6.07, 6.45) is -0.275. The van der Waals surface area contributed by atoms with Gasteiger partial charge in [0, 0.05) is 0 Å². The van der Waals surface area contributed by atoms with Gasteiger partial charge < -0.3 is 18.9 Å². The molecule has 3 aromatic carbocycles. The molecule has 184 valence electrons. The summed E-state index contributed by atoms with van der Waals surface area (Å²) in [6.45, 7) is 3.07. The second-order valence-electron chi connectivity index (χ2n) is 7.81. The van der Waals surface area contributed by atoms with Gasteiger partial charge in [-0.15, -0.1) is 0 Å². The van der Waals surface area contributed by atoms with Crippen molar-refractivity contribution in [3.8, 4) is 0 Å². The number of benzene rings is 3. The van der Waals surface area contributed by atoms with Gasteiger partial charge in [-0.2, -0.15) is 0 Å². The van der Waals surface area contributed by atoms with Crippen molar-refractivity contribution in [1.82, 2.24) is 0 Å². The lowest BCUT2D eigenvalue weighted by Crippen LogP contribution is -2.34. The Bertz CT molecular complexity index is 924. The fourth-order valence-electron chi connectivity index (χ4n) is 3.85. The minimum Gasteiger partial charge on any atom is -0.466 e. The summed E-state index contributed by atoms with van der Waals surface area (Å²) in [5, 5.41) is 0. The first kappa shape index (κ1) is 26.3. The number of ketones is 1. The first-order valence-electron chi connectivity index (χ1n) is 11.8. The molecule has 0 N–H and O–H groups in total. The van der Waals surface area contributed by atoms with Gasteiger partial charge in [0.25, 0.3) is 0 Å². The lowest BCUT2D eigenvalue weighted by atomic mass is 9.80. The summed E-state index contributed by atoms with van der Waals surface area (Å²) in [5.74, 6) is -0.849. The van der Waals surface area contributed by atoms with E-state index in [9.17, 15) is 9.59 Å². The molecule has 3 aromatic rings. The largest absolute Gasteiger partial charge is 0.466 e. The van der Waals surface area contributed by atoms with E-state index in [1.807, 2.05) is 54.6 Å². The van der Waals surface area contributed by atoms with Crippen LogP contribution in [0.1, 0.15) is 30.0 Å². The number of rotatable bonds is 15. The van der Waals surface area contributed by atoms with E-state index in [4.69, 9.17) is 18.9 Å². The summed E-state index contributed by atoms with van der Waals surface area (Å²) >= 11 is 0. The molecule has 35 heavy (non-hydrogen) atoms. The van der Waals surface area contributed by atoms with E-state index in [1.54, 1.807) is 6.92 Å². The second kappa shape index (κ2) is 14.2. The highest BCUT2D eigenvalue weighted by molar-refractivity contribution is 5.96. The molecule has 0 aliphatic heterocycles. The summed E-state index contributed by atoms with van der Waals surface area (Å²) in [7, 11) is 0. The number of hydrogen-bond donors (Lipinski definition) is 0. The lowest BCUT2D eigenvalue weighted by molar-refractivity contribution is -0.146. The van der Waals surface area contributed by atoms with Gasteiger partial charge in [-0.3, -0.25) is 9.59 Å². The molecular formula is C29H32O6. The van der Waals surface area contributed by atoms with Gasteiger partial charge in [0.1, 0.15) is 18.6 Å². The monoisotopic (exact) mass is 476 g/mol. The average molecular weight is 477 g/mol. The van der Waals surface area contributed by atoms with Crippen molar-refractivity contribution >= 4 is 11.8 Å². The zero-order valence-electron chi connectivity index (χ0n) is 20.1. The molecule has 0 heterocycles. The molecule has 0 spiro atoms. The van der Waals surface area contributed by atoms with E-state index < -0.39 is 11.6 Å². The van der Waals surface area contributed by atoms with E-state index in [0.717, 1.165) is 16.7 Å². The van der Waals surface area contributed by atoms with E-state index in [0.29, 0.717) is 19.8 Å². The molecule has 3 rings (SSSR count). The first-order valence-corrected chi connectivity index (χ1v) is 11.8. The maximum absolute atomic E-state index is 11.7. The smallest absolute Gasteiger partial charge is 0.313 e. The van der Waals surface area contributed by atoms with Crippen LogP contribution >= 0.6 is 0 Å². The lowest BCUT2D eigenvalue weighted by Gasteiger charge is -2.36. The van der Waals surface area contributed by atoms with Gasteiger partial charge in [-0.05, 0) is 23.6 Å². The van der Waals surface area contributed by atoms with Crippen LogP contribution in [0.3, 0.4) is 0 Å². The molecule has 0 unspecified atom stereocenters. The number of Topliss-reactive ketones (excluding diaryl/α,β-unsaturated/α-hetero) is 1. The van der Waals surface area contributed by atoms with Crippen molar-refractivity contribution in [2.45, 2.75) is 18.9 Å². The molecule has 0 amide bonds. The molecule has 0 atom stereocenters. The van der Waals surface area contributed by atoms with Gasteiger partial charge in [0.15, 0.2) is 5.78 Å². The molecular weight excluding hydrogens is 444 g/mol. The van der Waals surface area contributed by atoms with Crippen LogP contribution in [0.25, 0.3) is 0 Å². The summed E-state index contributed by atoms with van der Waals surface area (Å²) in [4.78, 5) is 23.0. The number of esters is 1. The van der Waals surface area contributed by atoms with Crippen molar-refractivity contribution in [2.24, 2.45) is 0 Å². The van der Waals surface area contributed by atoms with Crippen LogP contribution in [0, 0.1) is 0 Å². The highest BCUT2D eigenvalue weighted by Crippen LogP contribution is 2.40. The Morgan fingerprint density at radius 3 is 1.60 bits per heavy atom. The second-order valence-corrected chi connectivity index (χ2v) is 7.81. The minimum absolute atomic E-state index is 0.141. The first-order chi connectivity index (χ1) is 17.2. The molecule has 0 aliphatic rings. The summed E-state index contributed by atoms with van der Waals surface area (Å²) < 4.78 is 22.4. The third kappa shape index (κ3) is 7.59. The number of carbonyl (C=O) groups excluding carboxylic acids is 2. The van der Waals surface area contributed by atoms with E-state index in [1.165, 1.54) is 0 Å². The molecule has 0 fully saturated rings. The highest BCUT2D eigenvalue weighted by atomic mass is 16.6. The van der Waals surface area contributed by atoms with Gasteiger partial charge in [0.05, 0.1) is 33.0 Å². The van der Waals surface area contributed by atoms with Crippen LogP contribution in [0.2, 0.25) is 0 Å². The van der Waals surface area contributed by atoms with Crippen molar-refractivity contribution in [3.05, 3.63) is 108 Å². The Morgan fingerprint density at radius 1 is 0.657 bits per heavy atom. The normalized spacial score (nSPS) is 11.2. The Morgan fingerprint density at radius 2 is 1.11 bits per heavy atom. The summed E-state index contributed by atoms with van der Waals surface area (Å²) in [5.41, 5.74) is 2.30.